The zero-order valence-electron chi connectivity index (χ0n) is 25.4. The van der Waals surface area contributed by atoms with E-state index >= 15 is 14.4 Å². The lowest BCUT2D eigenvalue weighted by atomic mass is 9.59. The molecule has 2 bridgehead atoms. The quantitative estimate of drug-likeness (QED) is 0.187. The molecule has 4 nitrogen and oxygen atoms in total. The van der Waals surface area contributed by atoms with Crippen molar-refractivity contribution in [1.82, 2.24) is 0 Å². The van der Waals surface area contributed by atoms with E-state index in [2.05, 4.69) is 0 Å². The van der Waals surface area contributed by atoms with E-state index in [1.165, 1.54) is 4.90 Å². The van der Waals surface area contributed by atoms with Crippen LogP contribution in [0.4, 0.5) is 5.69 Å². The van der Waals surface area contributed by atoms with Gasteiger partial charge >= 0.3 is 0 Å². The van der Waals surface area contributed by atoms with Gasteiger partial charge in [0.15, 0.2) is 5.78 Å². The summed E-state index contributed by atoms with van der Waals surface area (Å²) < 4.78 is 0. The van der Waals surface area contributed by atoms with Gasteiger partial charge in [-0.05, 0) is 65.4 Å². The van der Waals surface area contributed by atoms with E-state index < -0.39 is 22.7 Å². The molecule has 46 heavy (non-hydrogen) atoms. The number of benzene rings is 5. The van der Waals surface area contributed by atoms with Gasteiger partial charge in [0.1, 0.15) is 0 Å². The number of carbonyl (C=O) groups is 3. The molecule has 3 aliphatic rings. The number of Topliss-reactive ketones (excluding diaryl/α,β-unsaturated/α-hetero) is 1. The number of rotatable bonds is 5. The van der Waals surface area contributed by atoms with Gasteiger partial charge in [-0.3, -0.25) is 14.4 Å². The number of halogens is 1. The first-order valence-corrected chi connectivity index (χ1v) is 15.9. The molecular weight excluding hydrogens is 590 g/mol. The monoisotopic (exact) mass is 619 g/mol. The van der Waals surface area contributed by atoms with E-state index in [9.17, 15) is 0 Å². The molecule has 1 saturated heterocycles. The van der Waals surface area contributed by atoms with Crippen LogP contribution in [-0.2, 0) is 25.2 Å². The van der Waals surface area contributed by atoms with Crippen molar-refractivity contribution in [2.24, 2.45) is 11.8 Å². The fourth-order valence-electron chi connectivity index (χ4n) is 8.43. The molecule has 5 aromatic carbocycles. The van der Waals surface area contributed by atoms with Crippen molar-refractivity contribution in [1.29, 1.82) is 0 Å². The van der Waals surface area contributed by atoms with Gasteiger partial charge in [0, 0.05) is 5.02 Å². The van der Waals surface area contributed by atoms with Gasteiger partial charge in [0.2, 0.25) is 11.8 Å². The molecule has 2 aliphatic carbocycles. The molecule has 4 atom stereocenters. The molecule has 0 spiro atoms. The van der Waals surface area contributed by atoms with Crippen LogP contribution in [-0.4, -0.2) is 17.6 Å². The van der Waals surface area contributed by atoms with Gasteiger partial charge in [-0.25, -0.2) is 4.90 Å². The lowest BCUT2D eigenvalue weighted by molar-refractivity contribution is -0.130. The van der Waals surface area contributed by atoms with E-state index in [1.54, 1.807) is 24.3 Å². The summed E-state index contributed by atoms with van der Waals surface area (Å²) >= 11 is 6.40. The highest BCUT2D eigenvalue weighted by molar-refractivity contribution is 6.39. The molecule has 1 aliphatic heterocycles. The first-order chi connectivity index (χ1) is 22.3. The number of nitrogens with zero attached hydrogens (tertiary/aromatic N) is 1. The Morgan fingerprint density at radius 2 is 0.978 bits per heavy atom. The Labute approximate surface area is 273 Å². The topological polar surface area (TPSA) is 54.5 Å². The van der Waals surface area contributed by atoms with E-state index in [0.29, 0.717) is 21.8 Å². The van der Waals surface area contributed by atoms with Crippen molar-refractivity contribution >= 4 is 46.0 Å². The third-order valence-corrected chi connectivity index (χ3v) is 10.4. The summed E-state index contributed by atoms with van der Waals surface area (Å²) in [4.78, 5) is 47.2. The Morgan fingerprint density at radius 1 is 0.543 bits per heavy atom. The minimum Gasteiger partial charge on any atom is -0.297 e. The van der Waals surface area contributed by atoms with Gasteiger partial charge in [-0.1, -0.05) is 138 Å². The van der Waals surface area contributed by atoms with Crippen molar-refractivity contribution in [3.63, 3.8) is 0 Å². The van der Waals surface area contributed by atoms with Crippen LogP contribution < -0.4 is 4.90 Å². The predicted octanol–water partition coefficient (Wildman–Crippen LogP) is 8.15. The number of amides is 2. The van der Waals surface area contributed by atoms with Crippen LogP contribution in [0.2, 0.25) is 5.02 Å². The molecule has 1 heterocycles. The molecule has 2 fully saturated rings. The van der Waals surface area contributed by atoms with Gasteiger partial charge in [0.05, 0.1) is 28.4 Å². The molecule has 0 aromatic heterocycles. The number of hydrogen-bond acceptors (Lipinski definition) is 3. The van der Waals surface area contributed by atoms with Crippen LogP contribution in [0.25, 0.3) is 11.1 Å². The summed E-state index contributed by atoms with van der Waals surface area (Å²) in [6, 6.07) is 42.3. The zero-order valence-corrected chi connectivity index (χ0v) is 26.2. The molecule has 5 heteroatoms. The number of ketones is 1. The van der Waals surface area contributed by atoms with Crippen LogP contribution in [0, 0.1) is 25.7 Å². The fraction of sp³-hybridized carbons (Fsp3) is 0.146. The smallest absolute Gasteiger partial charge is 0.239 e. The number of carbonyl (C=O) groups excluding carboxylic acids is 3. The van der Waals surface area contributed by atoms with Crippen molar-refractivity contribution in [2.75, 3.05) is 4.90 Å². The van der Waals surface area contributed by atoms with Crippen molar-refractivity contribution in [3.8, 4) is 0 Å². The maximum absolute atomic E-state index is 15.9. The number of allylic oxidation sites excluding steroid dienone is 2. The minimum absolute atomic E-state index is 0.133. The number of aryl methyl sites for hydroxylation is 2. The average Bonchev–Trinajstić information content (AvgIpc) is 3.58. The number of anilines is 1. The van der Waals surface area contributed by atoms with Crippen LogP contribution >= 0.6 is 11.6 Å². The van der Waals surface area contributed by atoms with E-state index in [4.69, 9.17) is 11.6 Å². The Bertz CT molecular complexity index is 1960. The second-order valence-electron chi connectivity index (χ2n) is 12.6. The summed E-state index contributed by atoms with van der Waals surface area (Å²) in [6.45, 7) is 4.06. The van der Waals surface area contributed by atoms with Crippen LogP contribution in [0.5, 0.6) is 0 Å². The molecule has 0 N–H and O–H groups in total. The molecule has 0 radical (unpaired) electrons. The van der Waals surface area contributed by atoms with Gasteiger partial charge in [-0.15, -0.1) is 0 Å². The molecular formula is C41H30ClNO3. The third-order valence-electron chi connectivity index (χ3n) is 10.2. The van der Waals surface area contributed by atoms with E-state index in [-0.39, 0.29) is 17.6 Å². The summed E-state index contributed by atoms with van der Waals surface area (Å²) in [5.74, 6) is -2.86. The molecule has 1 saturated carbocycles. The molecule has 0 unspecified atom stereocenters. The molecule has 224 valence electrons. The summed E-state index contributed by atoms with van der Waals surface area (Å²) in [6.07, 6.45) is 0. The third kappa shape index (κ3) is 3.59. The Morgan fingerprint density at radius 3 is 1.39 bits per heavy atom. The lowest BCUT2D eigenvalue weighted by Crippen LogP contribution is -2.45. The number of hydrogen-bond donors (Lipinski definition) is 0. The first kappa shape index (κ1) is 28.4. The highest BCUT2D eigenvalue weighted by Gasteiger charge is 2.82. The van der Waals surface area contributed by atoms with Gasteiger partial charge in [0.25, 0.3) is 0 Å². The number of fused-ring (bicyclic) bond motifs is 5. The first-order valence-electron chi connectivity index (χ1n) is 15.5. The molecule has 8 rings (SSSR count). The Balaban J connectivity index is 1.56. The maximum atomic E-state index is 15.9. The van der Waals surface area contributed by atoms with Crippen LogP contribution in [0.15, 0.2) is 133 Å². The summed E-state index contributed by atoms with van der Waals surface area (Å²) in [5.41, 5.74) is 4.40. The SMILES string of the molecule is Cc1ccc(C2=C(c3ccc(C)cc3)[C@@]3(c4ccccc4)C(=O)[C@@]2(c2ccccc2)[C@H]2C(=O)N(c4cccc(Cl)c4)C(=O)[C@@H]23)cc1. The second-order valence-corrected chi connectivity index (χ2v) is 13.0. The van der Waals surface area contributed by atoms with Crippen molar-refractivity contribution < 1.29 is 14.4 Å². The largest absolute Gasteiger partial charge is 0.297 e. The van der Waals surface area contributed by atoms with Gasteiger partial charge < -0.3 is 0 Å². The molecule has 5 aromatic rings. The fourth-order valence-corrected chi connectivity index (χ4v) is 8.62. The van der Waals surface area contributed by atoms with Crippen LogP contribution in [0.3, 0.4) is 0 Å². The Kier molecular flexibility index (Phi) is 6.32. The lowest BCUT2D eigenvalue weighted by Gasteiger charge is -2.39. The van der Waals surface area contributed by atoms with E-state index in [0.717, 1.165) is 33.4 Å². The van der Waals surface area contributed by atoms with Crippen LogP contribution in [0.1, 0.15) is 33.4 Å². The normalized spacial score (nSPS) is 25.0. The standard InChI is InChI=1S/C41H30ClNO3/c1-25-16-20-27(21-17-25)33-34(28-22-18-26(2)19-23-28)41(30-12-7-4-8-13-30)36-35(40(33,39(41)46)29-10-5-3-6-11-29)37(44)43(38(36)45)32-15-9-14-31(42)24-32/h3-24,35-36H,1-2H3/t35-,36-,40-,41-/m1/s1. The average molecular weight is 620 g/mol. The highest BCUT2D eigenvalue weighted by atomic mass is 35.5. The Hall–Kier alpha value is -5.06. The zero-order chi connectivity index (χ0) is 31.8. The van der Waals surface area contributed by atoms with Crippen molar-refractivity contribution in [2.45, 2.75) is 24.7 Å². The van der Waals surface area contributed by atoms with Gasteiger partial charge in [-0.2, -0.15) is 0 Å². The maximum Gasteiger partial charge on any atom is 0.239 e. The predicted molar refractivity (Wildman–Crippen MR) is 181 cm³/mol. The van der Waals surface area contributed by atoms with Crippen molar-refractivity contribution in [3.05, 3.63) is 172 Å². The number of imide groups is 1. The highest BCUT2D eigenvalue weighted by Crippen LogP contribution is 2.74. The summed E-state index contributed by atoms with van der Waals surface area (Å²) in [5, 5.41) is 0.420. The molecule has 2 amide bonds. The summed E-state index contributed by atoms with van der Waals surface area (Å²) in [7, 11) is 0. The van der Waals surface area contributed by atoms with E-state index in [1.807, 2.05) is 123 Å². The second kappa shape index (κ2) is 10.2. The minimum atomic E-state index is -1.43.